The van der Waals surface area contributed by atoms with Gasteiger partial charge >= 0.3 is 5.97 Å². The quantitative estimate of drug-likeness (QED) is 0.699. The van der Waals surface area contributed by atoms with E-state index in [-0.39, 0.29) is 0 Å². The number of benzene rings is 1. The van der Waals surface area contributed by atoms with Crippen molar-refractivity contribution in [2.45, 2.75) is 12.2 Å². The van der Waals surface area contributed by atoms with E-state index in [9.17, 15) is 9.90 Å². The molecule has 0 saturated carbocycles. The fourth-order valence-corrected chi connectivity index (χ4v) is 1.10. The van der Waals surface area contributed by atoms with E-state index in [2.05, 4.69) is 0 Å². The summed E-state index contributed by atoms with van der Waals surface area (Å²) in [5, 5.41) is 27.3. The lowest BCUT2D eigenvalue weighted by atomic mass is 10.1. The van der Waals surface area contributed by atoms with Gasteiger partial charge in [0, 0.05) is 5.02 Å². The van der Waals surface area contributed by atoms with E-state index in [0.29, 0.717) is 10.6 Å². The maximum absolute atomic E-state index is 10.3. The van der Waals surface area contributed by atoms with Crippen LogP contribution in [0.15, 0.2) is 24.3 Å². The average Bonchev–Trinajstić information content (AvgIpc) is 2.16. The van der Waals surface area contributed by atoms with Gasteiger partial charge in [-0.15, -0.1) is 0 Å². The van der Waals surface area contributed by atoms with Crippen molar-refractivity contribution in [2.75, 3.05) is 0 Å². The van der Waals surface area contributed by atoms with E-state index in [4.69, 9.17) is 21.8 Å². The molecule has 1 aromatic carbocycles. The van der Waals surface area contributed by atoms with Crippen LogP contribution in [0.25, 0.3) is 0 Å². The maximum Gasteiger partial charge on any atom is 0.335 e. The Hall–Kier alpha value is -1.10. The number of aliphatic hydroxyl groups excluding tert-OH is 2. The molecule has 1 aromatic rings. The SMILES string of the molecule is O=C(O)C(O)C(O)c1ccc(Cl)cc1. The van der Waals surface area contributed by atoms with E-state index < -0.39 is 18.2 Å². The van der Waals surface area contributed by atoms with Crippen LogP contribution in [-0.4, -0.2) is 27.4 Å². The van der Waals surface area contributed by atoms with Crippen molar-refractivity contribution in [1.29, 1.82) is 0 Å². The first-order valence-electron chi connectivity index (χ1n) is 3.87. The molecule has 14 heavy (non-hydrogen) atoms. The number of carboxylic acids is 1. The number of halogens is 1. The molecule has 0 radical (unpaired) electrons. The summed E-state index contributed by atoms with van der Waals surface area (Å²) < 4.78 is 0. The van der Waals surface area contributed by atoms with E-state index >= 15 is 0 Å². The van der Waals surface area contributed by atoms with Crippen LogP contribution in [0.2, 0.25) is 5.02 Å². The Balaban J connectivity index is 2.84. The third-order valence-electron chi connectivity index (χ3n) is 1.76. The number of aliphatic carboxylic acids is 1. The fraction of sp³-hybridized carbons (Fsp3) is 0.222. The molecule has 0 aliphatic rings. The molecule has 3 N–H and O–H groups in total. The van der Waals surface area contributed by atoms with Gasteiger partial charge in [0.15, 0.2) is 6.10 Å². The van der Waals surface area contributed by atoms with Gasteiger partial charge in [0.1, 0.15) is 6.10 Å². The maximum atomic E-state index is 10.3. The van der Waals surface area contributed by atoms with Gasteiger partial charge in [-0.3, -0.25) is 0 Å². The highest BCUT2D eigenvalue weighted by molar-refractivity contribution is 6.30. The Morgan fingerprint density at radius 2 is 1.71 bits per heavy atom. The Kier molecular flexibility index (Phi) is 3.46. The second-order valence-corrected chi connectivity index (χ2v) is 3.22. The van der Waals surface area contributed by atoms with E-state index in [0.717, 1.165) is 0 Å². The highest BCUT2D eigenvalue weighted by Gasteiger charge is 2.24. The third-order valence-corrected chi connectivity index (χ3v) is 2.02. The number of aliphatic hydroxyl groups is 2. The molecular formula is C9H9ClO4. The van der Waals surface area contributed by atoms with Crippen molar-refractivity contribution < 1.29 is 20.1 Å². The van der Waals surface area contributed by atoms with Crippen LogP contribution in [0.4, 0.5) is 0 Å². The summed E-state index contributed by atoms with van der Waals surface area (Å²) in [6.45, 7) is 0. The molecule has 0 saturated heterocycles. The second kappa shape index (κ2) is 4.41. The second-order valence-electron chi connectivity index (χ2n) is 2.78. The van der Waals surface area contributed by atoms with Gasteiger partial charge in [0.05, 0.1) is 0 Å². The van der Waals surface area contributed by atoms with Gasteiger partial charge < -0.3 is 15.3 Å². The van der Waals surface area contributed by atoms with Crippen LogP contribution in [0.1, 0.15) is 11.7 Å². The van der Waals surface area contributed by atoms with Crippen LogP contribution in [0.3, 0.4) is 0 Å². The molecule has 0 aliphatic carbocycles. The lowest BCUT2D eigenvalue weighted by Gasteiger charge is -2.13. The lowest BCUT2D eigenvalue weighted by molar-refractivity contribution is -0.153. The van der Waals surface area contributed by atoms with Crippen molar-refractivity contribution in [3.05, 3.63) is 34.9 Å². The van der Waals surface area contributed by atoms with Crippen LogP contribution in [0, 0.1) is 0 Å². The van der Waals surface area contributed by atoms with Gasteiger partial charge in [0.2, 0.25) is 0 Å². The van der Waals surface area contributed by atoms with E-state index in [1.54, 1.807) is 0 Å². The van der Waals surface area contributed by atoms with Gasteiger partial charge in [-0.25, -0.2) is 4.79 Å². The molecule has 2 unspecified atom stereocenters. The number of rotatable bonds is 3. The van der Waals surface area contributed by atoms with Gasteiger partial charge in [-0.2, -0.15) is 0 Å². The normalized spacial score (nSPS) is 14.8. The summed E-state index contributed by atoms with van der Waals surface area (Å²) in [6, 6.07) is 5.93. The van der Waals surface area contributed by atoms with Crippen LogP contribution < -0.4 is 0 Å². The molecule has 4 nitrogen and oxygen atoms in total. The first kappa shape index (κ1) is 11.0. The first-order valence-corrected chi connectivity index (χ1v) is 4.24. The summed E-state index contributed by atoms with van der Waals surface area (Å²) in [4.78, 5) is 10.3. The zero-order valence-electron chi connectivity index (χ0n) is 7.09. The molecule has 0 aliphatic heterocycles. The molecule has 2 atom stereocenters. The zero-order valence-corrected chi connectivity index (χ0v) is 7.85. The molecule has 0 bridgehead atoms. The minimum absolute atomic E-state index is 0.310. The predicted molar refractivity (Wildman–Crippen MR) is 50.1 cm³/mol. The Morgan fingerprint density at radius 3 is 2.14 bits per heavy atom. The summed E-state index contributed by atoms with van der Waals surface area (Å²) in [6.07, 6.45) is -3.26. The highest BCUT2D eigenvalue weighted by Crippen LogP contribution is 2.19. The molecule has 0 spiro atoms. The number of carboxylic acid groups (broad SMARTS) is 1. The predicted octanol–water partition coefficient (Wildman–Crippen LogP) is 0.819. The van der Waals surface area contributed by atoms with E-state index in [1.807, 2.05) is 0 Å². The van der Waals surface area contributed by atoms with Gasteiger partial charge in [0.25, 0.3) is 0 Å². The zero-order chi connectivity index (χ0) is 10.7. The standard InChI is InChI=1S/C9H9ClO4/c10-6-3-1-5(2-4-6)7(11)8(12)9(13)14/h1-4,7-8,11-12H,(H,13,14). The molecule has 5 heteroatoms. The Morgan fingerprint density at radius 1 is 1.21 bits per heavy atom. The summed E-state index contributed by atoms with van der Waals surface area (Å²) in [7, 11) is 0. The molecule has 0 fully saturated rings. The first-order chi connectivity index (χ1) is 6.52. The molecule has 1 rings (SSSR count). The summed E-state index contributed by atoms with van der Waals surface area (Å²) in [5.41, 5.74) is 0.310. The molecule has 0 heterocycles. The van der Waals surface area contributed by atoms with Crippen molar-refractivity contribution in [3.8, 4) is 0 Å². The fourth-order valence-electron chi connectivity index (χ4n) is 0.977. The van der Waals surface area contributed by atoms with Crippen LogP contribution in [-0.2, 0) is 4.79 Å². The molecular weight excluding hydrogens is 208 g/mol. The summed E-state index contributed by atoms with van der Waals surface area (Å²) in [5.74, 6) is -1.47. The van der Waals surface area contributed by atoms with Crippen molar-refractivity contribution >= 4 is 17.6 Å². The number of carbonyl (C=O) groups is 1. The Bertz CT molecular complexity index is 322. The molecule has 0 aromatic heterocycles. The van der Waals surface area contributed by atoms with Crippen LogP contribution >= 0.6 is 11.6 Å². The van der Waals surface area contributed by atoms with Gasteiger partial charge in [-0.05, 0) is 17.7 Å². The molecule has 76 valence electrons. The lowest BCUT2D eigenvalue weighted by Crippen LogP contribution is -2.27. The smallest absolute Gasteiger partial charge is 0.335 e. The third kappa shape index (κ3) is 2.45. The number of hydrogen-bond acceptors (Lipinski definition) is 3. The van der Waals surface area contributed by atoms with E-state index in [1.165, 1.54) is 24.3 Å². The highest BCUT2D eigenvalue weighted by atomic mass is 35.5. The summed E-state index contributed by atoms with van der Waals surface area (Å²) >= 11 is 5.60. The van der Waals surface area contributed by atoms with Crippen molar-refractivity contribution in [3.63, 3.8) is 0 Å². The minimum atomic E-state index is -1.82. The minimum Gasteiger partial charge on any atom is -0.479 e. The Labute approximate surface area is 85.4 Å². The van der Waals surface area contributed by atoms with Crippen LogP contribution in [0.5, 0.6) is 0 Å². The van der Waals surface area contributed by atoms with Gasteiger partial charge in [-0.1, -0.05) is 23.7 Å². The topological polar surface area (TPSA) is 77.8 Å². The number of hydrogen-bond donors (Lipinski definition) is 3. The monoisotopic (exact) mass is 216 g/mol. The van der Waals surface area contributed by atoms with Crippen molar-refractivity contribution in [1.82, 2.24) is 0 Å². The van der Waals surface area contributed by atoms with Crippen molar-refractivity contribution in [2.24, 2.45) is 0 Å². The average molecular weight is 217 g/mol. The largest absolute Gasteiger partial charge is 0.479 e. The molecule has 0 amide bonds.